The van der Waals surface area contributed by atoms with Gasteiger partial charge in [0.1, 0.15) is 11.0 Å². The molecule has 2 aliphatic heterocycles. The second kappa shape index (κ2) is 10.4. The Labute approximate surface area is 238 Å². The largest absolute Gasteiger partial charge is 0.484 e. The molecule has 0 radical (unpaired) electrons. The number of hydrogen-bond donors (Lipinski definition) is 2. The first kappa shape index (κ1) is 26.1. The summed E-state index contributed by atoms with van der Waals surface area (Å²) in [5, 5.41) is 2.77. The Hall–Kier alpha value is -4.15. The number of imide groups is 1. The molecule has 0 spiro atoms. The van der Waals surface area contributed by atoms with Gasteiger partial charge < -0.3 is 15.0 Å². The fraction of sp³-hybridized carbons (Fsp3) is 0.200. The molecule has 4 aromatic rings. The summed E-state index contributed by atoms with van der Waals surface area (Å²) in [7, 11) is 0. The van der Waals surface area contributed by atoms with E-state index in [1.54, 1.807) is 24.3 Å². The fourth-order valence-electron chi connectivity index (χ4n) is 5.08. The molecule has 3 unspecified atom stereocenters. The van der Waals surface area contributed by atoms with Gasteiger partial charge in [0.15, 0.2) is 6.61 Å². The Morgan fingerprint density at radius 3 is 2.23 bits per heavy atom. The fourth-order valence-corrected chi connectivity index (χ4v) is 7.59. The molecule has 1 fully saturated rings. The summed E-state index contributed by atoms with van der Waals surface area (Å²) >= 11 is 2.32. The van der Waals surface area contributed by atoms with Crippen LogP contribution in [0.2, 0.25) is 0 Å². The quantitative estimate of drug-likeness (QED) is 0.320. The van der Waals surface area contributed by atoms with Crippen molar-refractivity contribution in [2.75, 3.05) is 16.8 Å². The van der Waals surface area contributed by atoms with Gasteiger partial charge in [-0.3, -0.25) is 19.2 Å². The summed E-state index contributed by atoms with van der Waals surface area (Å²) in [5.74, 6) is -1.50. The smallest absolute Gasteiger partial charge is 0.305 e. The molecule has 40 heavy (non-hydrogen) atoms. The number of benzene rings is 3. The number of fused-ring (bicyclic) bond motifs is 2. The lowest BCUT2D eigenvalue weighted by molar-refractivity contribution is -0.122. The third-order valence-electron chi connectivity index (χ3n) is 7.06. The minimum Gasteiger partial charge on any atom is -0.484 e. The third kappa shape index (κ3) is 4.84. The highest BCUT2D eigenvalue weighted by Gasteiger charge is 2.56. The first-order valence-electron chi connectivity index (χ1n) is 12.7. The highest BCUT2D eigenvalue weighted by atomic mass is 32.2. The van der Waals surface area contributed by atoms with Crippen LogP contribution in [0.25, 0.3) is 0 Å². The summed E-state index contributed by atoms with van der Waals surface area (Å²) in [6.45, 7) is 3.75. The van der Waals surface area contributed by atoms with Gasteiger partial charge in [-0.2, -0.15) is 0 Å². The molecular weight excluding hydrogens is 546 g/mol. The van der Waals surface area contributed by atoms with Crippen molar-refractivity contribution in [3.63, 3.8) is 0 Å². The van der Waals surface area contributed by atoms with Gasteiger partial charge in [-0.05, 0) is 55.8 Å². The summed E-state index contributed by atoms with van der Waals surface area (Å²) in [6.07, 6.45) is 0. The van der Waals surface area contributed by atoms with Crippen molar-refractivity contribution in [1.82, 2.24) is 4.98 Å². The van der Waals surface area contributed by atoms with Crippen molar-refractivity contribution in [3.8, 4) is 5.75 Å². The standard InChI is InChI=1S/C30H25N3O5S2/c1-16-3-9-19(10-4-16)31-22(34)15-38-21-13-7-18(8-14-21)23-24-26(39-27-25(23)40-30(37)32-27)29(36)33(28(24)35)20-11-5-17(2)6-12-20/h3-14,23-24,26H,15H2,1-2H3,(H,31,34)(H,32,37). The van der Waals surface area contributed by atoms with Gasteiger partial charge in [-0.1, -0.05) is 70.6 Å². The van der Waals surface area contributed by atoms with E-state index in [4.69, 9.17) is 4.74 Å². The maximum Gasteiger partial charge on any atom is 0.305 e. The molecule has 3 atom stereocenters. The van der Waals surface area contributed by atoms with E-state index in [1.807, 2.05) is 62.4 Å². The monoisotopic (exact) mass is 571 g/mol. The number of aromatic amines is 1. The van der Waals surface area contributed by atoms with Crippen LogP contribution in [0.15, 0.2) is 82.6 Å². The number of nitrogens with one attached hydrogen (secondary N) is 2. The molecule has 202 valence electrons. The molecule has 2 aliphatic rings. The maximum absolute atomic E-state index is 13.8. The Kier molecular flexibility index (Phi) is 6.81. The zero-order valence-electron chi connectivity index (χ0n) is 21.7. The molecule has 2 N–H and O–H groups in total. The Balaban J connectivity index is 1.24. The molecule has 10 heteroatoms. The van der Waals surface area contributed by atoms with Crippen molar-refractivity contribution in [1.29, 1.82) is 0 Å². The minimum atomic E-state index is -0.662. The number of carbonyl (C=O) groups is 3. The predicted octanol–water partition coefficient (Wildman–Crippen LogP) is 4.87. The molecule has 0 bridgehead atoms. The molecule has 3 amide bonds. The van der Waals surface area contributed by atoms with Crippen LogP contribution in [0.3, 0.4) is 0 Å². The highest BCUT2D eigenvalue weighted by molar-refractivity contribution is 8.00. The number of nitrogens with zero attached hydrogens (tertiary/aromatic N) is 1. The lowest BCUT2D eigenvalue weighted by Crippen LogP contribution is -2.32. The first-order valence-corrected chi connectivity index (χ1v) is 14.4. The summed E-state index contributed by atoms with van der Waals surface area (Å²) in [5.41, 5.74) is 4.15. The number of anilines is 2. The molecule has 8 nitrogen and oxygen atoms in total. The second-order valence-corrected chi connectivity index (χ2v) is 12.0. The van der Waals surface area contributed by atoms with Gasteiger partial charge in [0.25, 0.3) is 5.91 Å². The van der Waals surface area contributed by atoms with E-state index >= 15 is 0 Å². The number of aromatic nitrogens is 1. The van der Waals surface area contributed by atoms with Gasteiger partial charge in [-0.15, -0.1) is 0 Å². The van der Waals surface area contributed by atoms with Crippen LogP contribution in [-0.4, -0.2) is 34.6 Å². The van der Waals surface area contributed by atoms with E-state index in [9.17, 15) is 19.2 Å². The van der Waals surface area contributed by atoms with Gasteiger partial charge in [0.05, 0.1) is 16.6 Å². The molecule has 3 heterocycles. The van der Waals surface area contributed by atoms with E-state index < -0.39 is 17.1 Å². The van der Waals surface area contributed by atoms with Crippen LogP contribution in [0.1, 0.15) is 27.5 Å². The van der Waals surface area contributed by atoms with Gasteiger partial charge in [-0.25, -0.2) is 4.90 Å². The SMILES string of the molecule is Cc1ccc(NC(=O)COc2ccc(C3c4sc(=O)[nH]c4SC4C(=O)N(c5ccc(C)cc5)C(=O)C43)cc2)cc1. The van der Waals surface area contributed by atoms with E-state index in [0.717, 1.165) is 32.9 Å². The van der Waals surface area contributed by atoms with Gasteiger partial charge >= 0.3 is 4.87 Å². The number of aryl methyl sites for hydroxylation is 2. The van der Waals surface area contributed by atoms with Crippen LogP contribution >= 0.6 is 23.1 Å². The minimum absolute atomic E-state index is 0.167. The molecule has 0 saturated carbocycles. The Morgan fingerprint density at radius 2 is 1.55 bits per heavy atom. The number of carbonyl (C=O) groups excluding carboxylic acids is 3. The molecule has 1 saturated heterocycles. The average Bonchev–Trinajstić information content (AvgIpc) is 3.44. The zero-order chi connectivity index (χ0) is 28.0. The normalized spacial score (nSPS) is 19.8. The third-order valence-corrected chi connectivity index (χ3v) is 9.46. The van der Waals surface area contributed by atoms with Crippen LogP contribution < -0.4 is 19.8 Å². The van der Waals surface area contributed by atoms with E-state index in [0.29, 0.717) is 22.2 Å². The molecule has 6 rings (SSSR count). The van der Waals surface area contributed by atoms with Crippen LogP contribution in [0, 0.1) is 19.8 Å². The first-order chi connectivity index (χ1) is 19.3. The number of thioether (sulfide) groups is 1. The lowest BCUT2D eigenvalue weighted by Gasteiger charge is -2.29. The highest BCUT2D eigenvalue weighted by Crippen LogP contribution is 2.53. The van der Waals surface area contributed by atoms with Crippen molar-refractivity contribution in [3.05, 3.63) is 104 Å². The van der Waals surface area contributed by atoms with Gasteiger partial charge in [0.2, 0.25) is 11.8 Å². The van der Waals surface area contributed by atoms with Crippen LogP contribution in [-0.2, 0) is 14.4 Å². The summed E-state index contributed by atoms with van der Waals surface area (Å²) in [4.78, 5) is 56.6. The number of hydrogen-bond acceptors (Lipinski definition) is 7. The maximum atomic E-state index is 13.8. The van der Waals surface area contributed by atoms with E-state index in [1.165, 1.54) is 16.7 Å². The number of H-pyrrole nitrogens is 1. The number of thiazole rings is 1. The number of rotatable bonds is 6. The van der Waals surface area contributed by atoms with Crippen molar-refractivity contribution < 1.29 is 19.1 Å². The number of ether oxygens (including phenoxy) is 1. The summed E-state index contributed by atoms with van der Waals surface area (Å²) < 4.78 is 5.69. The van der Waals surface area contributed by atoms with Crippen molar-refractivity contribution in [2.24, 2.45) is 5.92 Å². The summed E-state index contributed by atoms with van der Waals surface area (Å²) in [6, 6.07) is 21.9. The number of amides is 3. The molecule has 1 aromatic heterocycles. The average molecular weight is 572 g/mol. The van der Waals surface area contributed by atoms with E-state index in [2.05, 4.69) is 10.3 Å². The van der Waals surface area contributed by atoms with Crippen molar-refractivity contribution in [2.45, 2.75) is 30.0 Å². The van der Waals surface area contributed by atoms with Crippen LogP contribution in [0.5, 0.6) is 5.75 Å². The van der Waals surface area contributed by atoms with Crippen LogP contribution in [0.4, 0.5) is 11.4 Å². The lowest BCUT2D eigenvalue weighted by atomic mass is 9.83. The van der Waals surface area contributed by atoms with Gasteiger partial charge in [0, 0.05) is 16.5 Å². The Morgan fingerprint density at radius 1 is 0.900 bits per heavy atom. The molecular formula is C30H25N3O5S2. The van der Waals surface area contributed by atoms with E-state index in [-0.39, 0.29) is 29.2 Å². The predicted molar refractivity (Wildman–Crippen MR) is 155 cm³/mol. The van der Waals surface area contributed by atoms with Crippen molar-refractivity contribution >= 4 is 52.2 Å². The second-order valence-electron chi connectivity index (χ2n) is 9.87. The zero-order valence-corrected chi connectivity index (χ0v) is 23.3. The topological polar surface area (TPSA) is 109 Å². The molecule has 3 aromatic carbocycles. The molecule has 0 aliphatic carbocycles. The Bertz CT molecular complexity index is 1660.